The molecule has 0 unspecified atom stereocenters. The van der Waals surface area contributed by atoms with Gasteiger partial charge >= 0.3 is 5.97 Å². The Balaban J connectivity index is 2.06. The topological polar surface area (TPSA) is 52.3 Å². The quantitative estimate of drug-likeness (QED) is 0.799. The van der Waals surface area contributed by atoms with Gasteiger partial charge in [-0.2, -0.15) is 0 Å². The zero-order valence-corrected chi connectivity index (χ0v) is 10.8. The van der Waals surface area contributed by atoms with Gasteiger partial charge in [0, 0.05) is 6.07 Å². The number of ether oxygens (including phenoxy) is 1. The molecule has 0 saturated carbocycles. The molecule has 1 aromatic carbocycles. The van der Waals surface area contributed by atoms with Gasteiger partial charge in [0.05, 0.1) is 12.9 Å². The fourth-order valence-electron chi connectivity index (χ4n) is 1.44. The molecule has 0 saturated heterocycles. The lowest BCUT2D eigenvalue weighted by atomic mass is 10.3. The van der Waals surface area contributed by atoms with Gasteiger partial charge in [0.25, 0.3) is 0 Å². The third kappa shape index (κ3) is 2.81. The smallest absolute Gasteiger partial charge is 0.318 e. The number of thioether (sulfide) groups is 1. The van der Waals surface area contributed by atoms with Crippen molar-refractivity contribution in [3.8, 4) is 0 Å². The molecule has 0 aliphatic carbocycles. The van der Waals surface area contributed by atoms with Crippen molar-refractivity contribution in [1.82, 2.24) is 4.98 Å². The van der Waals surface area contributed by atoms with Crippen molar-refractivity contribution in [3.05, 3.63) is 29.9 Å². The van der Waals surface area contributed by atoms with Crippen molar-refractivity contribution < 1.29 is 18.3 Å². The Morgan fingerprint density at radius 1 is 1.61 bits per heavy atom. The number of benzene rings is 1. The van der Waals surface area contributed by atoms with Gasteiger partial charge in [0.2, 0.25) is 5.89 Å². The zero-order chi connectivity index (χ0) is 13.1. The number of esters is 1. The van der Waals surface area contributed by atoms with E-state index in [0.29, 0.717) is 22.7 Å². The van der Waals surface area contributed by atoms with Crippen LogP contribution in [-0.2, 0) is 15.3 Å². The van der Waals surface area contributed by atoms with Gasteiger partial charge in [-0.15, -0.1) is 11.8 Å². The number of hydrogen-bond donors (Lipinski definition) is 0. The molecule has 0 radical (unpaired) electrons. The highest BCUT2D eigenvalue weighted by Crippen LogP contribution is 2.22. The van der Waals surface area contributed by atoms with Crippen LogP contribution >= 0.6 is 11.8 Å². The Bertz CT molecular complexity index is 569. The summed E-state index contributed by atoms with van der Waals surface area (Å²) in [5.41, 5.74) is 1.02. The molecule has 96 valence electrons. The molecule has 1 atom stereocenters. The van der Waals surface area contributed by atoms with Crippen molar-refractivity contribution in [2.24, 2.45) is 0 Å². The summed E-state index contributed by atoms with van der Waals surface area (Å²) in [6.07, 6.45) is 0. The van der Waals surface area contributed by atoms with E-state index in [1.165, 1.54) is 37.1 Å². The minimum absolute atomic E-state index is 0.290. The van der Waals surface area contributed by atoms with Crippen LogP contribution in [0.4, 0.5) is 4.39 Å². The largest absolute Gasteiger partial charge is 0.468 e. The molecule has 4 nitrogen and oxygen atoms in total. The predicted octanol–water partition coefficient (Wildman–Crippen LogP) is 2.76. The summed E-state index contributed by atoms with van der Waals surface area (Å²) in [5, 5.41) is -0.290. The van der Waals surface area contributed by atoms with Crippen LogP contribution in [0.25, 0.3) is 11.1 Å². The third-order valence-corrected chi connectivity index (χ3v) is 3.49. The average molecular weight is 269 g/mol. The molecular weight excluding hydrogens is 257 g/mol. The van der Waals surface area contributed by atoms with Gasteiger partial charge in [-0.1, -0.05) is 0 Å². The minimum Gasteiger partial charge on any atom is -0.468 e. The van der Waals surface area contributed by atoms with Gasteiger partial charge in [-0.3, -0.25) is 4.79 Å². The number of rotatable bonds is 4. The van der Waals surface area contributed by atoms with E-state index in [4.69, 9.17) is 4.42 Å². The van der Waals surface area contributed by atoms with Gasteiger partial charge in [-0.25, -0.2) is 9.37 Å². The third-order valence-electron chi connectivity index (χ3n) is 2.38. The van der Waals surface area contributed by atoms with E-state index in [9.17, 15) is 9.18 Å². The van der Waals surface area contributed by atoms with Gasteiger partial charge in [0.15, 0.2) is 5.58 Å². The molecule has 0 amide bonds. The molecule has 0 bridgehead atoms. The minimum atomic E-state index is -0.349. The van der Waals surface area contributed by atoms with Crippen LogP contribution in [0.5, 0.6) is 0 Å². The van der Waals surface area contributed by atoms with E-state index in [0.717, 1.165) is 0 Å². The molecule has 2 aromatic rings. The summed E-state index contributed by atoms with van der Waals surface area (Å²) >= 11 is 1.36. The average Bonchev–Trinajstić information content (AvgIpc) is 2.76. The van der Waals surface area contributed by atoms with E-state index < -0.39 is 0 Å². The molecule has 0 aliphatic heterocycles. The number of halogens is 1. The number of hydrogen-bond acceptors (Lipinski definition) is 5. The lowest BCUT2D eigenvalue weighted by molar-refractivity contribution is -0.139. The molecule has 0 aliphatic rings. The number of carbonyl (C=O) groups is 1. The summed E-state index contributed by atoms with van der Waals surface area (Å²) in [4.78, 5) is 15.4. The fourth-order valence-corrected chi connectivity index (χ4v) is 2.19. The van der Waals surface area contributed by atoms with E-state index in [-0.39, 0.29) is 17.0 Å². The second-order valence-electron chi connectivity index (χ2n) is 3.70. The molecule has 18 heavy (non-hydrogen) atoms. The first-order valence-electron chi connectivity index (χ1n) is 5.34. The van der Waals surface area contributed by atoms with Gasteiger partial charge in [0.1, 0.15) is 16.6 Å². The van der Waals surface area contributed by atoms with Crippen LogP contribution in [0.3, 0.4) is 0 Å². The Labute approximate surface area is 108 Å². The first-order valence-corrected chi connectivity index (χ1v) is 6.39. The number of nitrogens with zero attached hydrogens (tertiary/aromatic N) is 1. The SMILES string of the molecule is COC(=O)[C@H](C)SCc1nc2cc(F)ccc2o1. The lowest BCUT2D eigenvalue weighted by Gasteiger charge is -2.06. The van der Waals surface area contributed by atoms with E-state index in [1.54, 1.807) is 6.92 Å². The molecule has 0 spiro atoms. The normalized spacial score (nSPS) is 12.6. The maximum atomic E-state index is 13.0. The highest BCUT2D eigenvalue weighted by molar-refractivity contribution is 7.99. The Hall–Kier alpha value is -1.56. The molecule has 6 heteroatoms. The molecule has 1 aromatic heterocycles. The second kappa shape index (κ2) is 5.39. The Morgan fingerprint density at radius 3 is 3.11 bits per heavy atom. The summed E-state index contributed by atoms with van der Waals surface area (Å²) in [6, 6.07) is 4.17. The number of carbonyl (C=O) groups excluding carboxylic acids is 1. The first kappa shape index (κ1) is 12.9. The van der Waals surface area contributed by atoms with Gasteiger partial charge in [-0.05, 0) is 19.1 Å². The van der Waals surface area contributed by atoms with E-state index >= 15 is 0 Å². The summed E-state index contributed by atoms with van der Waals surface area (Å²) < 4.78 is 23.0. The van der Waals surface area contributed by atoms with Crippen LogP contribution < -0.4 is 0 Å². The van der Waals surface area contributed by atoms with Crippen LogP contribution in [0.15, 0.2) is 22.6 Å². The summed E-state index contributed by atoms with van der Waals surface area (Å²) in [7, 11) is 1.35. The molecule has 0 N–H and O–H groups in total. The van der Waals surface area contributed by atoms with E-state index in [2.05, 4.69) is 9.72 Å². The lowest BCUT2D eigenvalue weighted by Crippen LogP contribution is -2.14. The number of fused-ring (bicyclic) bond motifs is 1. The maximum absolute atomic E-state index is 13.0. The standard InChI is InChI=1S/C12H12FNO3S/c1-7(12(15)16-2)18-6-11-14-9-5-8(13)3-4-10(9)17-11/h3-5,7H,6H2,1-2H3/t7-/m0/s1. The summed E-state index contributed by atoms with van der Waals surface area (Å²) in [6.45, 7) is 1.75. The monoisotopic (exact) mass is 269 g/mol. The molecule has 2 rings (SSSR count). The predicted molar refractivity (Wildman–Crippen MR) is 66.7 cm³/mol. The van der Waals surface area contributed by atoms with Gasteiger partial charge < -0.3 is 9.15 Å². The fraction of sp³-hybridized carbons (Fsp3) is 0.333. The van der Waals surface area contributed by atoms with Crippen molar-refractivity contribution in [3.63, 3.8) is 0 Å². The Morgan fingerprint density at radius 2 is 2.39 bits per heavy atom. The van der Waals surface area contributed by atoms with Crippen molar-refractivity contribution >= 4 is 28.8 Å². The molecule has 1 heterocycles. The van der Waals surface area contributed by atoms with Crippen LogP contribution in [-0.4, -0.2) is 23.3 Å². The number of aromatic nitrogens is 1. The zero-order valence-electron chi connectivity index (χ0n) is 9.97. The first-order chi connectivity index (χ1) is 8.60. The maximum Gasteiger partial charge on any atom is 0.318 e. The second-order valence-corrected chi connectivity index (χ2v) is 5.03. The highest BCUT2D eigenvalue weighted by atomic mass is 32.2. The number of methoxy groups -OCH3 is 1. The molecule has 0 fully saturated rings. The van der Waals surface area contributed by atoms with Crippen molar-refractivity contribution in [2.75, 3.05) is 7.11 Å². The van der Waals surface area contributed by atoms with Crippen LogP contribution in [0, 0.1) is 5.82 Å². The van der Waals surface area contributed by atoms with Crippen molar-refractivity contribution in [2.45, 2.75) is 17.9 Å². The van der Waals surface area contributed by atoms with Crippen molar-refractivity contribution in [1.29, 1.82) is 0 Å². The summed E-state index contributed by atoms with van der Waals surface area (Å²) in [5.74, 6) is 0.267. The van der Waals surface area contributed by atoms with Crippen LogP contribution in [0.1, 0.15) is 12.8 Å². The van der Waals surface area contributed by atoms with E-state index in [1.807, 2.05) is 0 Å². The molecular formula is C12H12FNO3S. The highest BCUT2D eigenvalue weighted by Gasteiger charge is 2.15. The van der Waals surface area contributed by atoms with Crippen LogP contribution in [0.2, 0.25) is 0 Å². The Kier molecular flexibility index (Phi) is 3.86. The number of oxazole rings is 1.